The fourth-order valence-electron chi connectivity index (χ4n) is 8.05. The number of amides is 1. The zero-order valence-corrected chi connectivity index (χ0v) is 40.1. The Labute approximate surface area is 418 Å². The molecule has 0 radical (unpaired) electrons. The van der Waals surface area contributed by atoms with Gasteiger partial charge in [-0.3, -0.25) is 4.79 Å². The van der Waals surface area contributed by atoms with Gasteiger partial charge in [0.05, 0.1) is 43.1 Å². The van der Waals surface area contributed by atoms with Crippen LogP contribution in [0.4, 0.5) is 5.69 Å². The number of carbonyl (C=O) groups excluding carboxylic acids is 1. The Hall–Kier alpha value is -2.22. The SMILES string of the molecule is [N-]=[N+]=NC[C@H]1O[C@@H](O[C@H]2[C@H](O)[C@@H](O)[C@H](O[C@H]3[C@H](O)[C@@H](O)[C@H](O[C@H]4[C@H](O)[C@@H](O)[C@H](SCC(=O)NCCNc5cccc6c(S(=O)(=O)[O-])cccc56)O[C@@H]4CO)O[C@@H]3CO)O[C@@H]2CO)[C@H](O)[C@@H](O)[C@H]1O.[Na+]. The topological polar surface area (TPSA) is 454 Å². The molecule has 4 saturated heterocycles. The Balaban J connectivity index is 0.00000888. The molecule has 28 nitrogen and oxygen atoms in total. The van der Waals surface area contributed by atoms with Gasteiger partial charge in [0.1, 0.15) is 107 Å². The van der Waals surface area contributed by atoms with Gasteiger partial charge >= 0.3 is 29.6 Å². The molecule has 2 aromatic rings. The summed E-state index contributed by atoms with van der Waals surface area (Å²) in [4.78, 5) is 14.9. The molecule has 4 fully saturated rings. The second kappa shape index (κ2) is 25.6. The normalized spacial score (nSPS) is 38.4. The van der Waals surface area contributed by atoms with Crippen molar-refractivity contribution in [2.75, 3.05) is 50.5 Å². The van der Waals surface area contributed by atoms with Crippen LogP contribution < -0.4 is 40.2 Å². The molecule has 0 spiro atoms. The van der Waals surface area contributed by atoms with Gasteiger partial charge in [0.15, 0.2) is 18.9 Å². The molecule has 382 valence electrons. The standard InChI is InChI=1S/C38H55N5O23S2.Na/c39-43-42-9-17-23(48)24(49)28(53)35(60-17)64-32-18(10-44)61-36(29(54)25(32)50)65-33-19(11-45)62-37(30(55)26(33)51)66-34-20(12-46)63-38(31(56)27(34)52)67-13-22(47)41-8-7-40-16-5-1-4-15-14(16)3-2-6-21(15)68(57,58)59;/h1-6,17-20,23-38,40,44-46,48-56H,7-13H2,(H,41,47)(H,57,58,59);/q;+1/p-1/t17-,18-,19-,20-,23+,24+,25-,26-,27-,28-,29-,30-,31-,32-,33-,34-,35+,36+,37+,38+;/m1./s1. The summed E-state index contributed by atoms with van der Waals surface area (Å²) in [6.45, 7) is -2.97. The molecule has 4 heterocycles. The number of nitrogens with zero attached hydrogens (tertiary/aromatic N) is 3. The number of thioether (sulfide) groups is 1. The zero-order chi connectivity index (χ0) is 49.6. The summed E-state index contributed by atoms with van der Waals surface area (Å²) in [5.74, 6) is -0.822. The second-order valence-electron chi connectivity index (χ2n) is 16.0. The van der Waals surface area contributed by atoms with E-state index in [9.17, 15) is 79.0 Å². The Bertz CT molecular complexity index is 2150. The quantitative estimate of drug-likeness (QED) is 0.0155. The smallest absolute Gasteiger partial charge is 0.744 e. The molecule has 0 unspecified atom stereocenters. The maximum absolute atomic E-state index is 12.7. The number of ether oxygens (including phenoxy) is 7. The van der Waals surface area contributed by atoms with E-state index in [1.165, 1.54) is 18.2 Å². The number of azide groups is 1. The number of hydrogen-bond acceptors (Lipinski definition) is 26. The van der Waals surface area contributed by atoms with Crippen LogP contribution >= 0.6 is 11.8 Å². The van der Waals surface area contributed by atoms with Crippen molar-refractivity contribution < 1.29 is 142 Å². The molecule has 2 aromatic carbocycles. The van der Waals surface area contributed by atoms with Crippen molar-refractivity contribution in [2.45, 2.75) is 127 Å². The predicted octanol–water partition coefficient (Wildman–Crippen LogP) is -9.40. The molecule has 14 N–H and O–H groups in total. The molecule has 0 aromatic heterocycles. The van der Waals surface area contributed by atoms with Gasteiger partial charge in [0, 0.05) is 34.5 Å². The van der Waals surface area contributed by atoms with E-state index in [0.717, 1.165) is 11.8 Å². The number of benzene rings is 2. The molecule has 6 rings (SSSR count). The zero-order valence-electron chi connectivity index (χ0n) is 36.5. The van der Waals surface area contributed by atoms with E-state index in [1.807, 2.05) is 0 Å². The maximum atomic E-state index is 12.7. The van der Waals surface area contributed by atoms with Crippen molar-refractivity contribution in [3.05, 3.63) is 46.8 Å². The van der Waals surface area contributed by atoms with Gasteiger partial charge in [0.2, 0.25) is 5.91 Å². The molecule has 0 bridgehead atoms. The molecule has 0 aliphatic carbocycles. The first-order valence-corrected chi connectivity index (χ1v) is 23.4. The third-order valence-electron chi connectivity index (χ3n) is 11.6. The monoisotopic (exact) mass is 1040 g/mol. The minimum Gasteiger partial charge on any atom is -0.744 e. The summed E-state index contributed by atoms with van der Waals surface area (Å²) < 4.78 is 74.4. The van der Waals surface area contributed by atoms with Gasteiger partial charge in [-0.2, -0.15) is 0 Å². The van der Waals surface area contributed by atoms with Crippen LogP contribution in [0.3, 0.4) is 0 Å². The van der Waals surface area contributed by atoms with Gasteiger partial charge in [-0.05, 0) is 17.7 Å². The molecule has 31 heteroatoms. The summed E-state index contributed by atoms with van der Waals surface area (Å²) in [7, 11) is -4.73. The third-order valence-corrected chi connectivity index (χ3v) is 13.7. The maximum Gasteiger partial charge on any atom is 1.00 e. The van der Waals surface area contributed by atoms with Gasteiger partial charge in [0.25, 0.3) is 0 Å². The van der Waals surface area contributed by atoms with E-state index in [2.05, 4.69) is 20.7 Å². The van der Waals surface area contributed by atoms with Gasteiger partial charge in [-0.1, -0.05) is 29.4 Å². The van der Waals surface area contributed by atoms with Gasteiger partial charge in [-0.25, -0.2) is 8.42 Å². The number of fused-ring (bicyclic) bond motifs is 1. The first-order chi connectivity index (χ1) is 32.3. The average molecular weight is 1040 g/mol. The molecule has 1 amide bonds. The van der Waals surface area contributed by atoms with Crippen molar-refractivity contribution in [1.29, 1.82) is 0 Å². The summed E-state index contributed by atoms with van der Waals surface area (Å²) in [6, 6.07) is 8.98. The molecule has 0 saturated carbocycles. The number of hydrogen-bond donors (Lipinski definition) is 14. The average Bonchev–Trinajstić information content (AvgIpc) is 3.32. The summed E-state index contributed by atoms with van der Waals surface area (Å²) in [5, 5.41) is 138. The molecule has 69 heavy (non-hydrogen) atoms. The van der Waals surface area contributed by atoms with E-state index in [0.29, 0.717) is 11.1 Å². The number of rotatable bonds is 19. The van der Waals surface area contributed by atoms with Gasteiger partial charge < -0.3 is 110 Å². The largest absolute Gasteiger partial charge is 1.00 e. The van der Waals surface area contributed by atoms with E-state index in [4.69, 9.17) is 38.7 Å². The third kappa shape index (κ3) is 13.3. The second-order valence-corrected chi connectivity index (χ2v) is 18.5. The number of anilines is 1. The van der Waals surface area contributed by atoms with Gasteiger partial charge in [-0.15, -0.1) is 11.8 Å². The predicted molar refractivity (Wildman–Crippen MR) is 224 cm³/mol. The first-order valence-electron chi connectivity index (χ1n) is 21.0. The van der Waals surface area contributed by atoms with E-state index in [1.54, 1.807) is 18.2 Å². The molecular formula is C38H54N5NaO23S2. The Morgan fingerprint density at radius 1 is 0.667 bits per heavy atom. The van der Waals surface area contributed by atoms with Crippen LogP contribution in [-0.2, 0) is 48.1 Å². The summed E-state index contributed by atoms with van der Waals surface area (Å²) in [6.07, 6.45) is -34.3. The minimum absolute atomic E-state index is 0. The molecule has 4 aliphatic rings. The van der Waals surface area contributed by atoms with Crippen LogP contribution in [-0.4, -0.2) is 247 Å². The first kappa shape index (κ1) is 57.7. The molecule has 4 aliphatic heterocycles. The van der Waals surface area contributed by atoms with Crippen molar-refractivity contribution in [1.82, 2.24) is 5.32 Å². The minimum atomic E-state index is -4.73. The van der Waals surface area contributed by atoms with Crippen LogP contribution in [0.5, 0.6) is 0 Å². The fraction of sp³-hybridized carbons (Fsp3) is 0.711. The van der Waals surface area contributed by atoms with Crippen molar-refractivity contribution >= 4 is 44.2 Å². The van der Waals surface area contributed by atoms with Crippen LogP contribution in [0.2, 0.25) is 0 Å². The van der Waals surface area contributed by atoms with E-state index >= 15 is 0 Å². The molecular weight excluding hydrogens is 982 g/mol. The number of nitrogens with one attached hydrogen (secondary N) is 2. The van der Waals surface area contributed by atoms with Crippen LogP contribution in [0.1, 0.15) is 0 Å². The van der Waals surface area contributed by atoms with E-state index < -0.39 is 164 Å². The number of aliphatic hydroxyl groups excluding tert-OH is 12. The van der Waals surface area contributed by atoms with Crippen LogP contribution in [0.15, 0.2) is 46.4 Å². The van der Waals surface area contributed by atoms with Crippen molar-refractivity contribution in [3.8, 4) is 0 Å². The number of aliphatic hydroxyl groups is 12. The van der Waals surface area contributed by atoms with E-state index in [-0.39, 0.29) is 58.7 Å². The van der Waals surface area contributed by atoms with Crippen molar-refractivity contribution in [2.24, 2.45) is 5.11 Å². The van der Waals surface area contributed by atoms with Crippen molar-refractivity contribution in [3.63, 3.8) is 0 Å². The molecule has 20 atom stereocenters. The Morgan fingerprint density at radius 3 is 1.67 bits per heavy atom. The fourth-order valence-corrected chi connectivity index (χ4v) is 9.74. The summed E-state index contributed by atoms with van der Waals surface area (Å²) >= 11 is 0.768. The summed E-state index contributed by atoms with van der Waals surface area (Å²) in [5.41, 5.74) is 7.84. The van der Waals surface area contributed by atoms with Crippen LogP contribution in [0.25, 0.3) is 21.2 Å². The Kier molecular flexibility index (Phi) is 21.4. The Morgan fingerprint density at radius 2 is 1.14 bits per heavy atom. The van der Waals surface area contributed by atoms with Crippen LogP contribution in [0, 0.1) is 0 Å². The number of carbonyl (C=O) groups is 1.